The quantitative estimate of drug-likeness (QED) is 0.642. The van der Waals surface area contributed by atoms with E-state index >= 15 is 0 Å². The molecule has 0 aliphatic heterocycles. The van der Waals surface area contributed by atoms with E-state index in [4.69, 9.17) is 14.6 Å². The van der Waals surface area contributed by atoms with E-state index in [1.807, 2.05) is 30.3 Å². The van der Waals surface area contributed by atoms with Crippen molar-refractivity contribution in [1.29, 1.82) is 0 Å². The fourth-order valence-corrected chi connectivity index (χ4v) is 1.59. The van der Waals surface area contributed by atoms with Gasteiger partial charge in [0.2, 0.25) is 5.91 Å². The van der Waals surface area contributed by atoms with Crippen molar-refractivity contribution in [2.75, 3.05) is 26.9 Å². The zero-order valence-corrected chi connectivity index (χ0v) is 11.4. The first-order valence-corrected chi connectivity index (χ1v) is 6.26. The van der Waals surface area contributed by atoms with Crippen molar-refractivity contribution in [1.82, 2.24) is 5.32 Å². The average molecular weight is 281 g/mol. The van der Waals surface area contributed by atoms with Gasteiger partial charge >= 0.3 is 5.97 Å². The summed E-state index contributed by atoms with van der Waals surface area (Å²) in [4.78, 5) is 22.7. The van der Waals surface area contributed by atoms with Crippen LogP contribution in [0.4, 0.5) is 0 Å². The molecular formula is C14H19NO5. The van der Waals surface area contributed by atoms with Crippen LogP contribution in [0.5, 0.6) is 0 Å². The number of carbonyl (C=O) groups excluding carboxylic acids is 1. The van der Waals surface area contributed by atoms with E-state index in [9.17, 15) is 9.59 Å². The number of carboxylic acids is 1. The summed E-state index contributed by atoms with van der Waals surface area (Å²) in [6.45, 7) is 0.502. The van der Waals surface area contributed by atoms with Gasteiger partial charge in [0.05, 0.1) is 13.2 Å². The maximum atomic E-state index is 11.6. The fourth-order valence-electron chi connectivity index (χ4n) is 1.59. The van der Waals surface area contributed by atoms with Crippen molar-refractivity contribution in [2.24, 2.45) is 0 Å². The highest BCUT2D eigenvalue weighted by atomic mass is 16.5. The molecule has 20 heavy (non-hydrogen) atoms. The molecule has 1 aromatic rings. The first kappa shape index (κ1) is 16.1. The van der Waals surface area contributed by atoms with Gasteiger partial charge in [-0.3, -0.25) is 4.79 Å². The van der Waals surface area contributed by atoms with Crippen molar-refractivity contribution in [3.05, 3.63) is 35.9 Å². The molecule has 1 aromatic carbocycles. The Morgan fingerprint density at radius 3 is 2.55 bits per heavy atom. The first-order valence-electron chi connectivity index (χ1n) is 6.26. The second-order valence-corrected chi connectivity index (χ2v) is 4.19. The van der Waals surface area contributed by atoms with E-state index in [1.54, 1.807) is 0 Å². The normalized spacial score (nSPS) is 11.8. The maximum Gasteiger partial charge on any atom is 0.326 e. The molecule has 6 heteroatoms. The standard InChI is InChI=1S/C14H19NO5/c1-19-7-8-20-10-13(16)15-12(14(17)18)9-11-5-3-2-4-6-11/h2-6,12H,7-10H2,1H3,(H,15,16)(H,17,18)/t12-/m0/s1. The van der Waals surface area contributed by atoms with Gasteiger partial charge in [-0.25, -0.2) is 4.79 Å². The number of benzene rings is 1. The summed E-state index contributed by atoms with van der Waals surface area (Å²) in [5.41, 5.74) is 0.848. The van der Waals surface area contributed by atoms with Crippen LogP contribution in [0.25, 0.3) is 0 Å². The van der Waals surface area contributed by atoms with Crippen LogP contribution >= 0.6 is 0 Å². The third-order valence-corrected chi connectivity index (χ3v) is 2.58. The van der Waals surface area contributed by atoms with E-state index in [0.29, 0.717) is 13.2 Å². The molecular weight excluding hydrogens is 262 g/mol. The number of methoxy groups -OCH3 is 1. The highest BCUT2D eigenvalue weighted by molar-refractivity contribution is 5.84. The number of hydrogen-bond donors (Lipinski definition) is 2. The molecule has 1 amide bonds. The van der Waals surface area contributed by atoms with Gasteiger partial charge in [-0.05, 0) is 5.56 Å². The van der Waals surface area contributed by atoms with Crippen molar-refractivity contribution in [3.63, 3.8) is 0 Å². The van der Waals surface area contributed by atoms with Gasteiger partial charge in [-0.15, -0.1) is 0 Å². The predicted octanol–water partition coefficient (Wildman–Crippen LogP) is 0.461. The Morgan fingerprint density at radius 2 is 1.95 bits per heavy atom. The molecule has 1 rings (SSSR count). The summed E-state index contributed by atoms with van der Waals surface area (Å²) in [6.07, 6.45) is 0.236. The van der Waals surface area contributed by atoms with Gasteiger partial charge in [0, 0.05) is 13.5 Å². The molecule has 0 saturated carbocycles. The van der Waals surface area contributed by atoms with Crippen LogP contribution < -0.4 is 5.32 Å². The Hall–Kier alpha value is -1.92. The number of hydrogen-bond acceptors (Lipinski definition) is 4. The van der Waals surface area contributed by atoms with Crippen molar-refractivity contribution < 1.29 is 24.2 Å². The monoisotopic (exact) mass is 281 g/mol. The molecule has 110 valence electrons. The number of carboxylic acid groups (broad SMARTS) is 1. The summed E-state index contributed by atoms with van der Waals surface area (Å²) in [6, 6.07) is 8.17. The number of ether oxygens (including phenoxy) is 2. The molecule has 1 atom stereocenters. The van der Waals surface area contributed by atoms with E-state index < -0.39 is 17.9 Å². The van der Waals surface area contributed by atoms with Crippen molar-refractivity contribution in [2.45, 2.75) is 12.5 Å². The van der Waals surface area contributed by atoms with Gasteiger partial charge in [-0.2, -0.15) is 0 Å². The molecule has 0 aromatic heterocycles. The Kier molecular flexibility index (Phi) is 7.31. The van der Waals surface area contributed by atoms with Crippen LogP contribution in [0.15, 0.2) is 30.3 Å². The molecule has 0 saturated heterocycles. The Morgan fingerprint density at radius 1 is 1.25 bits per heavy atom. The van der Waals surface area contributed by atoms with E-state index in [1.165, 1.54) is 7.11 Å². The van der Waals surface area contributed by atoms with Gasteiger partial charge in [-0.1, -0.05) is 30.3 Å². The van der Waals surface area contributed by atoms with Crippen molar-refractivity contribution >= 4 is 11.9 Å². The summed E-state index contributed by atoms with van der Waals surface area (Å²) in [7, 11) is 1.53. The lowest BCUT2D eigenvalue weighted by atomic mass is 10.1. The minimum absolute atomic E-state index is 0.179. The second kappa shape index (κ2) is 9.06. The summed E-state index contributed by atoms with van der Waals surface area (Å²) in [5, 5.41) is 11.6. The minimum Gasteiger partial charge on any atom is -0.480 e. The topological polar surface area (TPSA) is 84.9 Å². The summed E-state index contributed by atoms with van der Waals surface area (Å²) in [5.74, 6) is -1.52. The van der Waals surface area contributed by atoms with Gasteiger partial charge in [0.25, 0.3) is 0 Å². The fraction of sp³-hybridized carbons (Fsp3) is 0.429. The number of carbonyl (C=O) groups is 2. The molecule has 0 radical (unpaired) electrons. The molecule has 6 nitrogen and oxygen atoms in total. The van der Waals surface area contributed by atoms with Crippen LogP contribution in [0.1, 0.15) is 5.56 Å². The Labute approximate surface area is 117 Å². The van der Waals surface area contributed by atoms with Gasteiger partial charge in [0.1, 0.15) is 12.6 Å². The molecule has 0 spiro atoms. The zero-order chi connectivity index (χ0) is 14.8. The van der Waals surface area contributed by atoms with Crippen molar-refractivity contribution in [3.8, 4) is 0 Å². The minimum atomic E-state index is -1.07. The summed E-state index contributed by atoms with van der Waals surface area (Å²) < 4.78 is 9.81. The predicted molar refractivity (Wildman–Crippen MR) is 72.4 cm³/mol. The molecule has 0 bridgehead atoms. The number of rotatable bonds is 9. The molecule has 0 fully saturated rings. The molecule has 2 N–H and O–H groups in total. The lowest BCUT2D eigenvalue weighted by molar-refractivity contribution is -0.142. The molecule has 0 aliphatic carbocycles. The average Bonchev–Trinajstić information content (AvgIpc) is 2.44. The SMILES string of the molecule is COCCOCC(=O)N[C@@H](Cc1ccccc1)C(=O)O. The highest BCUT2D eigenvalue weighted by Crippen LogP contribution is 2.03. The van der Waals surface area contributed by atoms with Crippen LogP contribution in [0, 0.1) is 0 Å². The highest BCUT2D eigenvalue weighted by Gasteiger charge is 2.20. The molecule has 0 unspecified atom stereocenters. The Balaban J connectivity index is 2.43. The first-order chi connectivity index (χ1) is 9.63. The van der Waals surface area contributed by atoms with Gasteiger partial charge in [0.15, 0.2) is 0 Å². The molecule has 0 heterocycles. The van der Waals surface area contributed by atoms with Gasteiger partial charge < -0.3 is 19.9 Å². The Bertz CT molecular complexity index is 421. The maximum absolute atomic E-state index is 11.6. The van der Waals surface area contributed by atoms with Crippen LogP contribution in [0.3, 0.4) is 0 Å². The lowest BCUT2D eigenvalue weighted by Gasteiger charge is -2.14. The van der Waals surface area contributed by atoms with E-state index in [0.717, 1.165) is 5.56 Å². The smallest absolute Gasteiger partial charge is 0.326 e. The number of aliphatic carboxylic acids is 1. The largest absolute Gasteiger partial charge is 0.480 e. The number of amides is 1. The zero-order valence-electron chi connectivity index (χ0n) is 11.4. The lowest BCUT2D eigenvalue weighted by Crippen LogP contribution is -2.44. The van der Waals surface area contributed by atoms with E-state index in [2.05, 4.69) is 5.32 Å². The van der Waals surface area contributed by atoms with Crippen LogP contribution in [0.2, 0.25) is 0 Å². The number of nitrogens with one attached hydrogen (secondary N) is 1. The molecule has 0 aliphatic rings. The third-order valence-electron chi connectivity index (χ3n) is 2.58. The van der Waals surface area contributed by atoms with E-state index in [-0.39, 0.29) is 13.0 Å². The van der Waals surface area contributed by atoms with Crippen LogP contribution in [-0.2, 0) is 25.5 Å². The second-order valence-electron chi connectivity index (χ2n) is 4.19. The van der Waals surface area contributed by atoms with Crippen LogP contribution in [-0.4, -0.2) is 50.0 Å². The third kappa shape index (κ3) is 6.31. The summed E-state index contributed by atoms with van der Waals surface area (Å²) >= 11 is 0.